The van der Waals surface area contributed by atoms with Crippen molar-refractivity contribution in [3.8, 4) is 55.6 Å². The van der Waals surface area contributed by atoms with Crippen LogP contribution in [0.25, 0.3) is 66.4 Å². The summed E-state index contributed by atoms with van der Waals surface area (Å²) in [5.41, 5.74) is 23.2. The quantitative estimate of drug-likeness (QED) is 0.161. The molecule has 1 nitrogen and oxygen atoms in total. The average Bonchev–Trinajstić information content (AvgIpc) is 3.82. The van der Waals surface area contributed by atoms with Gasteiger partial charge in [-0.1, -0.05) is 230 Å². The van der Waals surface area contributed by atoms with E-state index >= 15 is 0 Å². The van der Waals surface area contributed by atoms with Crippen molar-refractivity contribution in [1.29, 1.82) is 0 Å². The molecule has 0 heterocycles. The van der Waals surface area contributed by atoms with Crippen molar-refractivity contribution < 1.29 is 0 Å². The van der Waals surface area contributed by atoms with E-state index in [1.807, 2.05) is 0 Å². The molecular formula is C67H55N. The Kier molecular flexibility index (Phi) is 9.61. The molecule has 0 fully saturated rings. The largest absolute Gasteiger partial charge is 0.310 e. The first kappa shape index (κ1) is 41.7. The Morgan fingerprint density at radius 3 is 1.49 bits per heavy atom. The molecule has 0 saturated heterocycles. The maximum atomic E-state index is 2.56. The maximum absolute atomic E-state index is 2.56. The monoisotopic (exact) mass is 873 g/mol. The first-order valence-electron chi connectivity index (χ1n) is 24.2. The lowest BCUT2D eigenvalue weighted by atomic mass is 9.68. The smallest absolute Gasteiger partial charge is 0.0726 e. The summed E-state index contributed by atoms with van der Waals surface area (Å²) in [6.07, 6.45) is 0. The van der Waals surface area contributed by atoms with Crippen LogP contribution in [0, 0.1) is 0 Å². The predicted octanol–water partition coefficient (Wildman–Crippen LogP) is 18.2. The van der Waals surface area contributed by atoms with Gasteiger partial charge in [-0.2, -0.15) is 0 Å². The van der Waals surface area contributed by atoms with Crippen LogP contribution in [0.15, 0.2) is 224 Å². The molecule has 0 atom stereocenters. The van der Waals surface area contributed by atoms with Crippen molar-refractivity contribution in [2.75, 3.05) is 4.90 Å². The molecule has 0 N–H and O–H groups in total. The predicted molar refractivity (Wildman–Crippen MR) is 289 cm³/mol. The van der Waals surface area contributed by atoms with E-state index in [1.165, 1.54) is 99.8 Å². The average molecular weight is 874 g/mol. The Bertz CT molecular complexity index is 3500. The second kappa shape index (κ2) is 15.7. The van der Waals surface area contributed by atoms with Crippen LogP contribution >= 0.6 is 0 Å². The van der Waals surface area contributed by atoms with E-state index in [2.05, 4.69) is 271 Å². The van der Waals surface area contributed by atoms with Gasteiger partial charge in [0.05, 0.1) is 11.1 Å². The van der Waals surface area contributed by atoms with Crippen LogP contribution in [0.4, 0.5) is 17.1 Å². The maximum Gasteiger partial charge on any atom is 0.0726 e. The highest BCUT2D eigenvalue weighted by Gasteiger charge is 2.52. The van der Waals surface area contributed by atoms with Gasteiger partial charge in [0.1, 0.15) is 0 Å². The fraction of sp³-hybridized carbons (Fsp3) is 0.134. The summed E-state index contributed by atoms with van der Waals surface area (Å²) >= 11 is 0. The van der Waals surface area contributed by atoms with Crippen LogP contribution in [0.1, 0.15) is 74.9 Å². The van der Waals surface area contributed by atoms with E-state index in [0.29, 0.717) is 0 Å². The van der Waals surface area contributed by atoms with E-state index in [9.17, 15) is 0 Å². The van der Waals surface area contributed by atoms with Crippen molar-refractivity contribution in [1.82, 2.24) is 0 Å². The Labute approximate surface area is 402 Å². The second-order valence-corrected chi connectivity index (χ2v) is 20.9. The highest BCUT2D eigenvalue weighted by atomic mass is 15.1. The molecule has 12 rings (SSSR count). The van der Waals surface area contributed by atoms with Gasteiger partial charge in [-0.25, -0.2) is 0 Å². The molecule has 0 aliphatic heterocycles. The molecule has 10 aromatic carbocycles. The van der Waals surface area contributed by atoms with Crippen molar-refractivity contribution in [2.45, 2.75) is 57.8 Å². The first-order chi connectivity index (χ1) is 33.0. The number of rotatable bonds is 6. The second-order valence-electron chi connectivity index (χ2n) is 20.9. The highest BCUT2D eigenvalue weighted by Crippen LogP contribution is 2.64. The number of benzene rings is 10. The highest BCUT2D eigenvalue weighted by molar-refractivity contribution is 6.01. The van der Waals surface area contributed by atoms with Crippen LogP contribution < -0.4 is 4.90 Å². The minimum Gasteiger partial charge on any atom is -0.310 e. The molecule has 1 spiro atoms. The van der Waals surface area contributed by atoms with Gasteiger partial charge in [-0.15, -0.1) is 0 Å². The minimum absolute atomic E-state index is 0.0459. The van der Waals surface area contributed by atoms with E-state index in [-0.39, 0.29) is 10.8 Å². The third-order valence-electron chi connectivity index (χ3n) is 14.8. The van der Waals surface area contributed by atoms with Gasteiger partial charge in [0.2, 0.25) is 0 Å². The molecule has 0 amide bonds. The zero-order valence-corrected chi connectivity index (χ0v) is 39.8. The zero-order chi connectivity index (χ0) is 46.4. The van der Waals surface area contributed by atoms with Gasteiger partial charge in [0, 0.05) is 16.9 Å². The fourth-order valence-corrected chi connectivity index (χ4v) is 11.3. The SMILES string of the molecule is CC(C)(C)c1ccc2c(c1)C1(c3ccc(-c4cccc5ccccc45)cc3-c3ccc(N(c4ccc(-c5ccccc5)cc4)c4ccccc4-c4ccccc4)cc31)c1cc(C(C)(C)C)ccc1-2. The number of fused-ring (bicyclic) bond motifs is 11. The molecule has 0 radical (unpaired) electrons. The topological polar surface area (TPSA) is 3.24 Å². The van der Waals surface area contributed by atoms with Gasteiger partial charge >= 0.3 is 0 Å². The van der Waals surface area contributed by atoms with Crippen LogP contribution in [0.3, 0.4) is 0 Å². The Hall–Kier alpha value is -7.74. The summed E-state index contributed by atoms with van der Waals surface area (Å²) in [6.45, 7) is 14.1. The Morgan fingerprint density at radius 2 is 0.809 bits per heavy atom. The van der Waals surface area contributed by atoms with Crippen LogP contribution in [0.5, 0.6) is 0 Å². The molecule has 68 heavy (non-hydrogen) atoms. The summed E-state index contributed by atoms with van der Waals surface area (Å²) in [4.78, 5) is 2.49. The lowest BCUT2D eigenvalue weighted by Crippen LogP contribution is -2.27. The Balaban J connectivity index is 1.16. The molecule has 0 unspecified atom stereocenters. The molecule has 2 aliphatic rings. The lowest BCUT2D eigenvalue weighted by molar-refractivity contribution is 0.586. The molecule has 0 aromatic heterocycles. The summed E-state index contributed by atoms with van der Waals surface area (Å²) in [7, 11) is 0. The van der Waals surface area contributed by atoms with E-state index < -0.39 is 5.41 Å². The molecule has 10 aromatic rings. The first-order valence-corrected chi connectivity index (χ1v) is 24.2. The molecule has 2 aliphatic carbocycles. The van der Waals surface area contributed by atoms with E-state index in [0.717, 1.165) is 17.1 Å². The normalized spacial score (nSPS) is 13.3. The van der Waals surface area contributed by atoms with Gasteiger partial charge in [-0.3, -0.25) is 0 Å². The summed E-state index contributed by atoms with van der Waals surface area (Å²) in [5, 5.41) is 2.52. The Morgan fingerprint density at radius 1 is 0.309 bits per heavy atom. The molecule has 0 saturated carbocycles. The number of hydrogen-bond acceptors (Lipinski definition) is 1. The number of nitrogens with zero attached hydrogens (tertiary/aromatic N) is 1. The van der Waals surface area contributed by atoms with Crippen molar-refractivity contribution in [2.24, 2.45) is 0 Å². The van der Waals surface area contributed by atoms with E-state index in [1.54, 1.807) is 0 Å². The van der Waals surface area contributed by atoms with Gasteiger partial charge in [-0.05, 0) is 141 Å². The standard InChI is InChI=1S/C67H55N/c1-65(2,3)49-31-36-56-57-37-32-50(66(4,5)6)42-62(57)67(61(56)41-49)60-39-30-48(54-26-17-23-46-22-13-14-24-53(46)54)40-59(60)58-38-35-52(43-63(58)67)68(51-33-28-45(29-34-51)44-18-9-7-10-19-44)64-27-16-15-25-55(64)47-20-11-8-12-21-47/h7-43H,1-6H3. The van der Waals surface area contributed by atoms with Gasteiger partial charge in [0.25, 0.3) is 0 Å². The summed E-state index contributed by atoms with van der Waals surface area (Å²) < 4.78 is 0. The van der Waals surface area contributed by atoms with Crippen molar-refractivity contribution >= 4 is 27.8 Å². The minimum atomic E-state index is -0.576. The molecule has 0 bridgehead atoms. The third-order valence-corrected chi connectivity index (χ3v) is 14.8. The van der Waals surface area contributed by atoms with E-state index in [4.69, 9.17) is 0 Å². The van der Waals surface area contributed by atoms with Crippen LogP contribution in [0.2, 0.25) is 0 Å². The summed E-state index contributed by atoms with van der Waals surface area (Å²) in [5.74, 6) is 0. The molecule has 328 valence electrons. The third kappa shape index (κ3) is 6.59. The number of para-hydroxylation sites is 1. The molecular weight excluding hydrogens is 819 g/mol. The lowest BCUT2D eigenvalue weighted by Gasteiger charge is -2.34. The van der Waals surface area contributed by atoms with Gasteiger partial charge in [0.15, 0.2) is 0 Å². The summed E-state index contributed by atoms with van der Waals surface area (Å²) in [6, 6.07) is 84.4. The van der Waals surface area contributed by atoms with Crippen molar-refractivity contribution in [3.63, 3.8) is 0 Å². The zero-order valence-electron chi connectivity index (χ0n) is 39.8. The number of hydrogen-bond donors (Lipinski definition) is 0. The van der Waals surface area contributed by atoms with Crippen LogP contribution in [-0.2, 0) is 16.2 Å². The fourth-order valence-electron chi connectivity index (χ4n) is 11.3. The van der Waals surface area contributed by atoms with Crippen molar-refractivity contribution in [3.05, 3.63) is 258 Å². The number of anilines is 3. The molecule has 1 heteroatoms. The van der Waals surface area contributed by atoms with Crippen LogP contribution in [-0.4, -0.2) is 0 Å². The van der Waals surface area contributed by atoms with Gasteiger partial charge < -0.3 is 4.90 Å².